The molecule has 0 heterocycles. The molecule has 0 bridgehead atoms. The van der Waals surface area contributed by atoms with E-state index in [-0.39, 0.29) is 11.9 Å². The summed E-state index contributed by atoms with van der Waals surface area (Å²) >= 11 is 0. The van der Waals surface area contributed by atoms with Crippen LogP contribution in [0.3, 0.4) is 0 Å². The number of carbonyl (C=O) groups is 4. The molecule has 36 heavy (non-hydrogen) atoms. The van der Waals surface area contributed by atoms with Crippen LogP contribution in [0.15, 0.2) is 18.2 Å². The highest BCUT2D eigenvalue weighted by Gasteiger charge is 2.38. The van der Waals surface area contributed by atoms with Gasteiger partial charge in [-0.2, -0.15) is 0 Å². The van der Waals surface area contributed by atoms with E-state index in [2.05, 4.69) is 10.6 Å². The van der Waals surface area contributed by atoms with Crippen molar-refractivity contribution in [3.8, 4) is 0 Å². The first kappa shape index (κ1) is 30.9. The Bertz CT molecular complexity index is 939. The first-order valence-electron chi connectivity index (χ1n) is 12.5. The van der Waals surface area contributed by atoms with Gasteiger partial charge in [-0.25, -0.2) is 4.79 Å². The van der Waals surface area contributed by atoms with Crippen LogP contribution in [0.2, 0.25) is 0 Å². The number of nitrogens with one attached hydrogen (secondary N) is 2. The van der Waals surface area contributed by atoms with Crippen LogP contribution >= 0.6 is 0 Å². The van der Waals surface area contributed by atoms with Crippen LogP contribution in [0.4, 0.5) is 4.79 Å². The van der Waals surface area contributed by atoms with Crippen molar-refractivity contribution in [2.75, 3.05) is 0 Å². The second-order valence-electron chi connectivity index (χ2n) is 10.7. The van der Waals surface area contributed by atoms with Crippen molar-refractivity contribution in [3.63, 3.8) is 0 Å². The average Bonchev–Trinajstić information content (AvgIpc) is 2.71. The summed E-state index contributed by atoms with van der Waals surface area (Å²) in [6, 6.07) is 2.81. The van der Waals surface area contributed by atoms with Crippen molar-refractivity contribution < 1.29 is 23.9 Å². The van der Waals surface area contributed by atoms with Crippen LogP contribution < -0.4 is 16.4 Å². The highest BCUT2D eigenvalue weighted by molar-refractivity contribution is 5.94. The lowest BCUT2D eigenvalue weighted by Crippen LogP contribution is -2.56. The molecule has 0 fully saturated rings. The lowest BCUT2D eigenvalue weighted by molar-refractivity contribution is -0.145. The van der Waals surface area contributed by atoms with Gasteiger partial charge in [0.25, 0.3) is 0 Å². The summed E-state index contributed by atoms with van der Waals surface area (Å²) in [5.74, 6) is -1.70. The molecule has 0 aliphatic rings. The molecule has 3 atom stereocenters. The van der Waals surface area contributed by atoms with Gasteiger partial charge < -0.3 is 26.0 Å². The molecule has 9 nitrogen and oxygen atoms in total. The summed E-state index contributed by atoms with van der Waals surface area (Å²) in [7, 11) is 0. The van der Waals surface area contributed by atoms with Crippen molar-refractivity contribution >= 4 is 23.8 Å². The Morgan fingerprint density at radius 1 is 1.03 bits per heavy atom. The van der Waals surface area contributed by atoms with Crippen molar-refractivity contribution in [2.24, 2.45) is 5.73 Å². The fourth-order valence-electron chi connectivity index (χ4n) is 3.91. The quantitative estimate of drug-likeness (QED) is 0.423. The maximum atomic E-state index is 13.9. The highest BCUT2D eigenvalue weighted by atomic mass is 16.6. The number of ether oxygens (including phenoxy) is 1. The van der Waals surface area contributed by atoms with Crippen LogP contribution in [0.1, 0.15) is 90.5 Å². The second-order valence-corrected chi connectivity index (χ2v) is 10.7. The molecule has 0 saturated carbocycles. The van der Waals surface area contributed by atoms with Crippen molar-refractivity contribution in [2.45, 2.75) is 111 Å². The molecule has 3 unspecified atom stereocenters. The third kappa shape index (κ3) is 9.51. The van der Waals surface area contributed by atoms with Gasteiger partial charge in [0.05, 0.1) is 6.42 Å². The standard InChI is InChI=1S/C27H44N4O5/c1-10-11-19(6)29-24(33)23(20-13-12-17(4)18(5)14-20)31(16(2)3)25(34)21(15-22(28)32)30-26(35)36-27(7,8)9/h12-14,16,19,21,23H,10-11,15H2,1-9H3,(H2,28,32)(H,29,33)(H,30,35). The lowest BCUT2D eigenvalue weighted by atomic mass is 9.96. The van der Waals surface area contributed by atoms with Gasteiger partial charge in [0.2, 0.25) is 17.7 Å². The highest BCUT2D eigenvalue weighted by Crippen LogP contribution is 2.27. The summed E-state index contributed by atoms with van der Waals surface area (Å²) in [5.41, 5.74) is 7.27. The molecule has 1 rings (SSSR count). The Labute approximate surface area is 215 Å². The monoisotopic (exact) mass is 504 g/mol. The molecule has 202 valence electrons. The zero-order chi connectivity index (χ0) is 27.8. The van der Waals surface area contributed by atoms with E-state index in [9.17, 15) is 19.2 Å². The summed E-state index contributed by atoms with van der Waals surface area (Å²) in [5, 5.41) is 5.50. The van der Waals surface area contributed by atoms with E-state index in [1.165, 1.54) is 4.90 Å². The van der Waals surface area contributed by atoms with Gasteiger partial charge in [0.1, 0.15) is 17.7 Å². The minimum Gasteiger partial charge on any atom is -0.444 e. The normalized spacial score (nSPS) is 13.9. The number of nitrogens with two attached hydrogens (primary N) is 1. The Morgan fingerprint density at radius 3 is 2.11 bits per heavy atom. The molecule has 0 aromatic heterocycles. The number of hydrogen-bond acceptors (Lipinski definition) is 5. The second kappa shape index (κ2) is 13.3. The van der Waals surface area contributed by atoms with Gasteiger partial charge in [-0.1, -0.05) is 31.5 Å². The summed E-state index contributed by atoms with van der Waals surface area (Å²) in [6.07, 6.45) is 0.387. The lowest BCUT2D eigenvalue weighted by Gasteiger charge is -2.37. The molecule has 0 aliphatic heterocycles. The van der Waals surface area contributed by atoms with Crippen molar-refractivity contribution in [3.05, 3.63) is 34.9 Å². The van der Waals surface area contributed by atoms with Crippen LogP contribution in [0.25, 0.3) is 0 Å². The van der Waals surface area contributed by atoms with Crippen molar-refractivity contribution in [1.29, 1.82) is 0 Å². The first-order valence-corrected chi connectivity index (χ1v) is 12.5. The summed E-state index contributed by atoms with van der Waals surface area (Å²) < 4.78 is 5.29. The van der Waals surface area contributed by atoms with E-state index >= 15 is 0 Å². The molecular formula is C27H44N4O5. The molecule has 0 saturated heterocycles. The summed E-state index contributed by atoms with van der Waals surface area (Å²) in [6.45, 7) is 16.5. The fourth-order valence-corrected chi connectivity index (χ4v) is 3.91. The predicted molar refractivity (Wildman–Crippen MR) is 140 cm³/mol. The third-order valence-corrected chi connectivity index (χ3v) is 5.69. The van der Waals surface area contributed by atoms with Gasteiger partial charge >= 0.3 is 6.09 Å². The molecule has 1 aromatic rings. The van der Waals surface area contributed by atoms with E-state index in [4.69, 9.17) is 10.5 Å². The van der Waals surface area contributed by atoms with Gasteiger partial charge in [0, 0.05) is 12.1 Å². The molecule has 4 amide bonds. The number of primary amides is 1. The Morgan fingerprint density at radius 2 is 1.64 bits per heavy atom. The van der Waals surface area contributed by atoms with Gasteiger partial charge in [-0.15, -0.1) is 0 Å². The number of carbonyl (C=O) groups excluding carboxylic acids is 4. The molecule has 0 spiro atoms. The number of rotatable bonds is 11. The number of benzene rings is 1. The minimum atomic E-state index is -1.30. The van der Waals surface area contributed by atoms with Gasteiger partial charge in [-0.05, 0) is 78.5 Å². The van der Waals surface area contributed by atoms with E-state index in [0.29, 0.717) is 5.56 Å². The zero-order valence-corrected chi connectivity index (χ0v) is 23.2. The molecular weight excluding hydrogens is 460 g/mol. The van der Waals surface area contributed by atoms with E-state index < -0.39 is 48.1 Å². The minimum absolute atomic E-state index is 0.0954. The largest absolute Gasteiger partial charge is 0.444 e. The van der Waals surface area contributed by atoms with Crippen LogP contribution in [0, 0.1) is 13.8 Å². The fraction of sp³-hybridized carbons (Fsp3) is 0.630. The topological polar surface area (TPSA) is 131 Å². The Hall–Kier alpha value is -3.10. The number of hydrogen-bond donors (Lipinski definition) is 3. The number of amides is 4. The molecule has 0 aliphatic carbocycles. The number of aryl methyl sites for hydroxylation is 2. The maximum absolute atomic E-state index is 13.9. The van der Waals surface area contributed by atoms with E-state index in [1.807, 2.05) is 45.9 Å². The first-order chi connectivity index (χ1) is 16.6. The smallest absolute Gasteiger partial charge is 0.408 e. The molecule has 4 N–H and O–H groups in total. The molecule has 1 aromatic carbocycles. The van der Waals surface area contributed by atoms with Crippen LogP contribution in [-0.4, -0.2) is 52.4 Å². The van der Waals surface area contributed by atoms with Crippen molar-refractivity contribution in [1.82, 2.24) is 15.5 Å². The van der Waals surface area contributed by atoms with Gasteiger partial charge in [-0.3, -0.25) is 14.4 Å². The number of alkyl carbamates (subject to hydrolysis) is 1. The zero-order valence-electron chi connectivity index (χ0n) is 23.2. The van der Waals surface area contributed by atoms with Crippen LogP contribution in [-0.2, 0) is 19.1 Å². The van der Waals surface area contributed by atoms with Crippen LogP contribution in [0.5, 0.6) is 0 Å². The molecule has 0 radical (unpaired) electrons. The Kier molecular flexibility index (Phi) is 11.4. The van der Waals surface area contributed by atoms with Gasteiger partial charge in [0.15, 0.2) is 0 Å². The summed E-state index contributed by atoms with van der Waals surface area (Å²) in [4.78, 5) is 53.2. The maximum Gasteiger partial charge on any atom is 0.408 e. The third-order valence-electron chi connectivity index (χ3n) is 5.69. The number of nitrogens with zero attached hydrogens (tertiary/aromatic N) is 1. The van der Waals surface area contributed by atoms with E-state index in [0.717, 1.165) is 24.0 Å². The predicted octanol–water partition coefficient (Wildman–Crippen LogP) is 3.66. The Balaban J connectivity index is 3.52. The molecule has 9 heteroatoms. The van der Waals surface area contributed by atoms with E-state index in [1.54, 1.807) is 34.6 Å². The SMILES string of the molecule is CCCC(C)NC(=O)C(c1ccc(C)c(C)c1)N(C(=O)C(CC(N)=O)NC(=O)OC(C)(C)C)C(C)C. The average molecular weight is 505 g/mol.